The first kappa shape index (κ1) is 16.3. The molecule has 5 nitrogen and oxygen atoms in total. The molecule has 3 aliphatic heterocycles. The quantitative estimate of drug-likeness (QED) is 0.790. The number of imide groups is 1. The minimum atomic E-state index is -0.0294. The normalized spacial score (nSPS) is 28.7. The zero-order valence-electron chi connectivity index (χ0n) is 14.4. The van der Waals surface area contributed by atoms with Crippen LogP contribution in [-0.4, -0.2) is 45.6 Å². The lowest BCUT2D eigenvalue weighted by Crippen LogP contribution is -2.53. The first-order valence-corrected chi connectivity index (χ1v) is 9.33. The van der Waals surface area contributed by atoms with Crippen molar-refractivity contribution in [1.29, 1.82) is 0 Å². The molecule has 132 valence electrons. The molecule has 0 N–H and O–H groups in total. The van der Waals surface area contributed by atoms with Crippen molar-refractivity contribution in [1.82, 2.24) is 9.80 Å². The molecular formula is C20H24N2O3. The third-order valence-electron chi connectivity index (χ3n) is 5.92. The Kier molecular flexibility index (Phi) is 4.32. The number of amides is 3. The van der Waals surface area contributed by atoms with E-state index in [2.05, 4.69) is 17.0 Å². The number of aryl methyl sites for hydroxylation is 1. The Morgan fingerprint density at radius 3 is 2.12 bits per heavy atom. The van der Waals surface area contributed by atoms with Gasteiger partial charge in [0.25, 0.3) is 0 Å². The van der Waals surface area contributed by atoms with Crippen molar-refractivity contribution in [2.75, 3.05) is 0 Å². The average molecular weight is 340 g/mol. The van der Waals surface area contributed by atoms with Crippen LogP contribution in [0.5, 0.6) is 0 Å². The van der Waals surface area contributed by atoms with Crippen LogP contribution in [0.2, 0.25) is 0 Å². The maximum absolute atomic E-state index is 12.8. The molecule has 1 aromatic rings. The van der Waals surface area contributed by atoms with E-state index in [1.54, 1.807) is 0 Å². The number of fused-ring (bicyclic) bond motifs is 2. The fourth-order valence-electron chi connectivity index (χ4n) is 4.79. The molecule has 3 heterocycles. The van der Waals surface area contributed by atoms with Gasteiger partial charge in [0.05, 0.1) is 0 Å². The summed E-state index contributed by atoms with van der Waals surface area (Å²) in [4.78, 5) is 40.4. The molecule has 2 unspecified atom stereocenters. The van der Waals surface area contributed by atoms with E-state index < -0.39 is 0 Å². The lowest BCUT2D eigenvalue weighted by Gasteiger charge is -2.41. The van der Waals surface area contributed by atoms with Gasteiger partial charge in [-0.2, -0.15) is 0 Å². The number of piperidine rings is 1. The summed E-state index contributed by atoms with van der Waals surface area (Å²) >= 11 is 0. The van der Waals surface area contributed by atoms with Gasteiger partial charge in [0, 0.05) is 37.4 Å². The molecule has 0 spiro atoms. The minimum absolute atomic E-state index is 0.00169. The summed E-state index contributed by atoms with van der Waals surface area (Å²) in [5, 5.41) is 0. The van der Waals surface area contributed by atoms with E-state index >= 15 is 0 Å². The maximum atomic E-state index is 12.8. The number of carbonyl (C=O) groups is 3. The Morgan fingerprint density at radius 2 is 1.52 bits per heavy atom. The van der Waals surface area contributed by atoms with Crippen molar-refractivity contribution in [3.8, 4) is 0 Å². The third-order valence-corrected chi connectivity index (χ3v) is 5.92. The number of likely N-dealkylation sites (tertiary alicyclic amines) is 1. The molecule has 4 rings (SSSR count). The minimum Gasteiger partial charge on any atom is -0.337 e. The van der Waals surface area contributed by atoms with Gasteiger partial charge >= 0.3 is 0 Å². The van der Waals surface area contributed by atoms with E-state index in [-0.39, 0.29) is 35.8 Å². The number of hydrogen-bond acceptors (Lipinski definition) is 3. The van der Waals surface area contributed by atoms with Gasteiger partial charge in [-0.1, -0.05) is 30.3 Å². The molecule has 25 heavy (non-hydrogen) atoms. The Bertz CT molecular complexity index is 657. The fraction of sp³-hybridized carbons (Fsp3) is 0.550. The fourth-order valence-corrected chi connectivity index (χ4v) is 4.79. The van der Waals surface area contributed by atoms with Crippen molar-refractivity contribution in [2.24, 2.45) is 0 Å². The molecular weight excluding hydrogens is 316 g/mol. The van der Waals surface area contributed by atoms with Crippen molar-refractivity contribution in [3.05, 3.63) is 35.9 Å². The molecule has 3 saturated heterocycles. The van der Waals surface area contributed by atoms with Crippen LogP contribution in [0.1, 0.15) is 50.5 Å². The van der Waals surface area contributed by atoms with Gasteiger partial charge < -0.3 is 4.90 Å². The SMILES string of the molecule is O=C1CCC(=O)N1C1CC2CCC(C1)N2C(=O)CCc1ccccc1. The van der Waals surface area contributed by atoms with Crippen molar-refractivity contribution < 1.29 is 14.4 Å². The van der Waals surface area contributed by atoms with Crippen molar-refractivity contribution in [3.63, 3.8) is 0 Å². The molecule has 2 bridgehead atoms. The molecule has 3 amide bonds. The Hall–Kier alpha value is -2.17. The highest BCUT2D eigenvalue weighted by molar-refractivity contribution is 6.02. The molecule has 0 saturated carbocycles. The van der Waals surface area contributed by atoms with Crippen LogP contribution in [0.3, 0.4) is 0 Å². The first-order chi connectivity index (χ1) is 12.1. The number of nitrogens with zero attached hydrogens (tertiary/aromatic N) is 2. The van der Waals surface area contributed by atoms with E-state index in [1.165, 1.54) is 10.5 Å². The van der Waals surface area contributed by atoms with Crippen LogP contribution >= 0.6 is 0 Å². The molecule has 0 radical (unpaired) electrons. The van der Waals surface area contributed by atoms with Gasteiger partial charge in [-0.25, -0.2) is 0 Å². The first-order valence-electron chi connectivity index (χ1n) is 9.33. The summed E-state index contributed by atoms with van der Waals surface area (Å²) in [6.45, 7) is 0. The highest BCUT2D eigenvalue weighted by Gasteiger charge is 2.47. The van der Waals surface area contributed by atoms with Crippen LogP contribution in [0.4, 0.5) is 0 Å². The largest absolute Gasteiger partial charge is 0.337 e. The lowest BCUT2D eigenvalue weighted by molar-refractivity contribution is -0.144. The predicted octanol–water partition coefficient (Wildman–Crippen LogP) is 2.29. The van der Waals surface area contributed by atoms with E-state index in [0.29, 0.717) is 19.3 Å². The molecule has 3 fully saturated rings. The summed E-state index contributed by atoms with van der Waals surface area (Å²) in [6, 6.07) is 10.5. The van der Waals surface area contributed by atoms with Gasteiger partial charge in [0.2, 0.25) is 17.7 Å². The number of carbonyl (C=O) groups excluding carboxylic acids is 3. The zero-order chi connectivity index (χ0) is 17.4. The second-order valence-electron chi connectivity index (χ2n) is 7.45. The Labute approximate surface area is 148 Å². The second kappa shape index (κ2) is 6.62. The van der Waals surface area contributed by atoms with Gasteiger partial charge in [-0.15, -0.1) is 0 Å². The Balaban J connectivity index is 1.39. The van der Waals surface area contributed by atoms with E-state index in [0.717, 1.165) is 32.1 Å². The van der Waals surface area contributed by atoms with Crippen LogP contribution in [-0.2, 0) is 20.8 Å². The van der Waals surface area contributed by atoms with E-state index in [4.69, 9.17) is 0 Å². The monoisotopic (exact) mass is 340 g/mol. The predicted molar refractivity (Wildman–Crippen MR) is 92.5 cm³/mol. The van der Waals surface area contributed by atoms with Crippen LogP contribution in [0.25, 0.3) is 0 Å². The molecule has 5 heteroatoms. The van der Waals surface area contributed by atoms with Gasteiger partial charge in [0.1, 0.15) is 0 Å². The van der Waals surface area contributed by atoms with Gasteiger partial charge in [0.15, 0.2) is 0 Å². The molecule has 0 aliphatic carbocycles. The van der Waals surface area contributed by atoms with Crippen molar-refractivity contribution >= 4 is 17.7 Å². The van der Waals surface area contributed by atoms with Gasteiger partial charge in [-0.05, 0) is 37.7 Å². The number of rotatable bonds is 4. The Morgan fingerprint density at radius 1 is 0.920 bits per heavy atom. The molecule has 3 aliphatic rings. The summed E-state index contributed by atoms with van der Waals surface area (Å²) in [7, 11) is 0. The number of hydrogen-bond donors (Lipinski definition) is 0. The molecule has 2 atom stereocenters. The standard InChI is InChI=1S/C20H24N2O3/c23-18(9-6-14-4-2-1-3-5-14)21-15-7-8-16(21)13-17(12-15)22-19(24)10-11-20(22)25/h1-5,15-17H,6-13H2. The highest BCUT2D eigenvalue weighted by Crippen LogP contribution is 2.39. The summed E-state index contributed by atoms with van der Waals surface area (Å²) in [5.74, 6) is 0.158. The average Bonchev–Trinajstić information content (AvgIpc) is 3.09. The lowest BCUT2D eigenvalue weighted by atomic mass is 9.95. The smallest absolute Gasteiger partial charge is 0.229 e. The van der Waals surface area contributed by atoms with E-state index in [1.807, 2.05) is 18.2 Å². The van der Waals surface area contributed by atoms with Crippen LogP contribution in [0, 0.1) is 0 Å². The second-order valence-corrected chi connectivity index (χ2v) is 7.45. The van der Waals surface area contributed by atoms with Crippen LogP contribution in [0.15, 0.2) is 30.3 Å². The van der Waals surface area contributed by atoms with Crippen LogP contribution < -0.4 is 0 Å². The van der Waals surface area contributed by atoms with E-state index in [9.17, 15) is 14.4 Å². The molecule has 0 aromatic heterocycles. The highest BCUT2D eigenvalue weighted by atomic mass is 16.2. The van der Waals surface area contributed by atoms with Gasteiger partial charge in [-0.3, -0.25) is 19.3 Å². The summed E-state index contributed by atoms with van der Waals surface area (Å²) < 4.78 is 0. The topological polar surface area (TPSA) is 57.7 Å². The third kappa shape index (κ3) is 3.08. The van der Waals surface area contributed by atoms with Crippen molar-refractivity contribution in [2.45, 2.75) is 69.5 Å². The zero-order valence-corrected chi connectivity index (χ0v) is 14.4. The molecule has 1 aromatic carbocycles. The maximum Gasteiger partial charge on any atom is 0.229 e. The number of benzene rings is 1. The summed E-state index contributed by atoms with van der Waals surface area (Å²) in [5.41, 5.74) is 1.19. The summed E-state index contributed by atoms with van der Waals surface area (Å²) in [6.07, 6.45) is 5.50.